The van der Waals surface area contributed by atoms with E-state index in [1.54, 1.807) is 12.1 Å². The van der Waals surface area contributed by atoms with Gasteiger partial charge in [-0.2, -0.15) is 0 Å². The van der Waals surface area contributed by atoms with Crippen LogP contribution in [0.3, 0.4) is 0 Å². The maximum absolute atomic E-state index is 14.1. The number of aryl methyl sites for hydroxylation is 1. The summed E-state index contributed by atoms with van der Waals surface area (Å²) in [5.41, 5.74) is 14.7. The number of ketones is 1. The minimum absolute atomic E-state index is 0.0228. The van der Waals surface area contributed by atoms with Crippen LogP contribution in [0.2, 0.25) is 5.82 Å². The van der Waals surface area contributed by atoms with Gasteiger partial charge in [-0.1, -0.05) is 70.5 Å². The molecular weight excluding hydrogens is 799 g/mol. The first-order valence-electron chi connectivity index (χ1n) is 23.2. The van der Waals surface area contributed by atoms with E-state index in [9.17, 15) is 28.8 Å². The molecule has 1 unspecified atom stereocenters. The molecule has 2 aliphatic heterocycles. The van der Waals surface area contributed by atoms with E-state index >= 15 is 0 Å². The minimum Gasteiger partial charge on any atom is -0.405 e. The predicted octanol–water partition coefficient (Wildman–Crippen LogP) is 4.86. The van der Waals surface area contributed by atoms with Crippen molar-refractivity contribution in [1.29, 1.82) is 0 Å². The molecule has 5 amide bonds. The van der Waals surface area contributed by atoms with Crippen molar-refractivity contribution >= 4 is 42.4 Å². The zero-order chi connectivity index (χ0) is 45.6. The predicted molar refractivity (Wildman–Crippen MR) is 242 cm³/mol. The molecular formula is C48H69BN6O8. The van der Waals surface area contributed by atoms with Crippen molar-refractivity contribution in [2.24, 2.45) is 28.7 Å². The van der Waals surface area contributed by atoms with E-state index in [4.69, 9.17) is 20.8 Å². The van der Waals surface area contributed by atoms with Gasteiger partial charge in [-0.3, -0.25) is 28.8 Å². The number of carbonyl (C=O) groups is 6. The van der Waals surface area contributed by atoms with Gasteiger partial charge in [0.2, 0.25) is 23.6 Å². The van der Waals surface area contributed by atoms with E-state index in [0.29, 0.717) is 62.6 Å². The molecule has 2 bridgehead atoms. The summed E-state index contributed by atoms with van der Waals surface area (Å²) in [6, 6.07) is 11.6. The van der Waals surface area contributed by atoms with Crippen LogP contribution in [0.1, 0.15) is 128 Å². The highest BCUT2D eigenvalue weighted by molar-refractivity contribution is 6.47. The van der Waals surface area contributed by atoms with Gasteiger partial charge < -0.3 is 41.6 Å². The van der Waals surface area contributed by atoms with Crippen LogP contribution >= 0.6 is 0 Å². The average molecular weight is 869 g/mol. The molecule has 5 fully saturated rings. The van der Waals surface area contributed by atoms with E-state index in [1.165, 1.54) is 17.4 Å². The lowest BCUT2D eigenvalue weighted by atomic mass is 9.43. The van der Waals surface area contributed by atoms with Gasteiger partial charge >= 0.3 is 7.12 Å². The highest BCUT2D eigenvalue weighted by Gasteiger charge is 2.68. The summed E-state index contributed by atoms with van der Waals surface area (Å²) < 4.78 is 12.9. The van der Waals surface area contributed by atoms with Gasteiger partial charge in [-0.15, -0.1) is 0 Å². The molecule has 0 aromatic heterocycles. The van der Waals surface area contributed by atoms with Crippen molar-refractivity contribution in [3.8, 4) is 11.1 Å². The van der Waals surface area contributed by atoms with Gasteiger partial charge in [-0.05, 0) is 130 Å². The molecule has 14 nitrogen and oxygen atoms in total. The SMILES string of the molecule is CCCCc1ccc(-c2ccc(C(=O)N[C@@H](CCCCN)C(=O)N3CCC[C@H]3C(=O)N[C@@H](C)C(=O)N[C@@H](CC(N)=O)C(=O)C[C@@H](C)B3OC4C[C@@H]5C[C@@H](C5(C)C)[C@]4(C)O3)cc2)cc1. The summed E-state index contributed by atoms with van der Waals surface area (Å²) in [6.07, 6.45) is 7.32. The first kappa shape index (κ1) is 47.9. The Kier molecular flexibility index (Phi) is 15.6. The van der Waals surface area contributed by atoms with Crippen molar-refractivity contribution in [3.05, 3.63) is 59.7 Å². The van der Waals surface area contributed by atoms with Crippen LogP contribution in [0.15, 0.2) is 48.5 Å². The molecule has 342 valence electrons. The highest BCUT2D eigenvalue weighted by Crippen LogP contribution is 2.66. The third kappa shape index (κ3) is 10.9. The second kappa shape index (κ2) is 20.5. The van der Waals surface area contributed by atoms with Crippen LogP contribution in [-0.2, 0) is 39.7 Å². The molecule has 0 spiro atoms. The van der Waals surface area contributed by atoms with E-state index in [2.05, 4.69) is 67.9 Å². The number of hydrogen-bond donors (Lipinski definition) is 5. The van der Waals surface area contributed by atoms with E-state index < -0.39 is 72.7 Å². The Morgan fingerprint density at radius 1 is 0.873 bits per heavy atom. The summed E-state index contributed by atoms with van der Waals surface area (Å²) in [4.78, 5) is 82.2. The summed E-state index contributed by atoms with van der Waals surface area (Å²) in [5, 5.41) is 8.27. The number of primary amides is 1. The zero-order valence-corrected chi connectivity index (χ0v) is 38.1. The number of carbonyl (C=O) groups excluding carboxylic acids is 6. The molecule has 3 saturated carbocycles. The van der Waals surface area contributed by atoms with Gasteiger partial charge in [0.15, 0.2) is 5.78 Å². The Bertz CT molecular complexity index is 1980. The Balaban J connectivity index is 1.03. The quantitative estimate of drug-likeness (QED) is 0.0856. The zero-order valence-electron chi connectivity index (χ0n) is 38.1. The number of Topliss-reactive ketones (excluding diaryl/α,β-unsaturated/α-hetero) is 1. The largest absolute Gasteiger partial charge is 0.461 e. The topological polar surface area (TPSA) is 212 Å². The van der Waals surface area contributed by atoms with E-state index in [1.807, 2.05) is 19.1 Å². The second-order valence-electron chi connectivity index (χ2n) is 19.3. The van der Waals surface area contributed by atoms with Crippen molar-refractivity contribution in [2.75, 3.05) is 13.1 Å². The number of nitrogens with zero attached hydrogens (tertiary/aromatic N) is 1. The highest BCUT2D eigenvalue weighted by atomic mass is 16.7. The first-order valence-corrected chi connectivity index (χ1v) is 23.2. The summed E-state index contributed by atoms with van der Waals surface area (Å²) in [7, 11) is -0.608. The molecule has 2 saturated heterocycles. The van der Waals surface area contributed by atoms with Gasteiger partial charge in [-0.25, -0.2) is 0 Å². The molecule has 15 heteroatoms. The smallest absolute Gasteiger partial charge is 0.405 e. The third-order valence-electron chi connectivity index (χ3n) is 14.5. The lowest BCUT2D eigenvalue weighted by molar-refractivity contribution is -0.199. The molecule has 9 atom stereocenters. The normalized spacial score (nSPS) is 25.2. The summed E-state index contributed by atoms with van der Waals surface area (Å²) in [6.45, 7) is 12.9. The number of unbranched alkanes of at least 4 members (excludes halogenated alkanes) is 2. The fourth-order valence-corrected chi connectivity index (χ4v) is 10.4. The first-order chi connectivity index (χ1) is 30.0. The van der Waals surface area contributed by atoms with Crippen LogP contribution < -0.4 is 27.4 Å². The maximum atomic E-state index is 14.1. The van der Waals surface area contributed by atoms with Gasteiger partial charge in [0.1, 0.15) is 18.1 Å². The molecule has 0 radical (unpaired) electrons. The van der Waals surface area contributed by atoms with Crippen molar-refractivity contribution < 1.29 is 38.1 Å². The van der Waals surface area contributed by atoms with Gasteiger partial charge in [0.25, 0.3) is 5.91 Å². The van der Waals surface area contributed by atoms with Crippen molar-refractivity contribution in [3.63, 3.8) is 0 Å². The number of benzene rings is 2. The van der Waals surface area contributed by atoms with Crippen molar-refractivity contribution in [2.45, 2.75) is 160 Å². The number of likely N-dealkylation sites (tertiary alicyclic amines) is 1. The molecule has 7 N–H and O–H groups in total. The van der Waals surface area contributed by atoms with E-state index in [0.717, 1.165) is 43.2 Å². The Morgan fingerprint density at radius 2 is 1.56 bits per heavy atom. The molecule has 5 aliphatic rings. The molecule has 2 aromatic rings. The van der Waals surface area contributed by atoms with Gasteiger partial charge in [0.05, 0.1) is 24.2 Å². The average Bonchev–Trinajstić information content (AvgIpc) is 3.90. The Morgan fingerprint density at radius 3 is 2.19 bits per heavy atom. The monoisotopic (exact) mass is 869 g/mol. The van der Waals surface area contributed by atoms with Crippen molar-refractivity contribution in [1.82, 2.24) is 20.9 Å². The Hall–Kier alpha value is -4.60. The number of nitrogens with one attached hydrogen (secondary N) is 3. The third-order valence-corrected chi connectivity index (χ3v) is 14.5. The summed E-state index contributed by atoms with van der Waals surface area (Å²) in [5.74, 6) is -2.60. The molecule has 2 aromatic carbocycles. The Labute approximate surface area is 373 Å². The van der Waals surface area contributed by atoms with Crippen LogP contribution in [0, 0.1) is 17.3 Å². The number of rotatable bonds is 21. The molecule has 3 aliphatic carbocycles. The van der Waals surface area contributed by atoms with E-state index in [-0.39, 0.29) is 29.7 Å². The minimum atomic E-state index is -1.22. The molecule has 7 rings (SSSR count). The van der Waals surface area contributed by atoms with Crippen LogP contribution in [0.25, 0.3) is 11.1 Å². The van der Waals surface area contributed by atoms with Gasteiger partial charge in [0, 0.05) is 18.5 Å². The van der Waals surface area contributed by atoms with Crippen LogP contribution in [-0.4, -0.2) is 96.3 Å². The maximum Gasteiger partial charge on any atom is 0.461 e. The second-order valence-corrected chi connectivity index (χ2v) is 19.3. The van der Waals surface area contributed by atoms with Crippen LogP contribution in [0.5, 0.6) is 0 Å². The van der Waals surface area contributed by atoms with Crippen LogP contribution in [0.4, 0.5) is 0 Å². The lowest BCUT2D eigenvalue weighted by Crippen LogP contribution is -2.65. The fraction of sp³-hybridized carbons (Fsp3) is 0.625. The number of nitrogens with two attached hydrogens (primary N) is 2. The standard InChI is InChI=1S/C48H69BN6O8/c1-7-8-12-31-15-17-32(18-16-31)33-19-21-34(22-20-33)44(59)53-36(13-9-10-23-50)46(61)55-24-11-14-38(55)45(60)52-30(3)43(58)54-37(28-42(51)57)39(56)25-29(2)49-62-41-27-35-26-40(47(35,4)5)48(41,6)63-49/h15-22,29-30,35-38,40-41H,7-14,23-28,50H2,1-6H3,(H2,51,57)(H,52,60)(H,53,59)(H,54,58)/t29-,30+,35+,36+,37+,38+,40+,41?,48+/m1/s1. The molecule has 63 heavy (non-hydrogen) atoms. The fourth-order valence-electron chi connectivity index (χ4n) is 10.4. The molecule has 2 heterocycles. The number of hydrogen-bond acceptors (Lipinski definition) is 9. The summed E-state index contributed by atoms with van der Waals surface area (Å²) >= 11 is 0. The number of amides is 5. The lowest BCUT2D eigenvalue weighted by Gasteiger charge is -2.64.